The lowest BCUT2D eigenvalue weighted by molar-refractivity contribution is 0.0607. The Bertz CT molecular complexity index is 371. The van der Waals surface area contributed by atoms with Gasteiger partial charge in [0.1, 0.15) is 0 Å². The van der Waals surface area contributed by atoms with Gasteiger partial charge in [0.15, 0.2) is 0 Å². The van der Waals surface area contributed by atoms with Crippen LogP contribution in [0.25, 0.3) is 0 Å². The summed E-state index contributed by atoms with van der Waals surface area (Å²) in [4.78, 5) is 0. The van der Waals surface area contributed by atoms with E-state index in [0.29, 0.717) is 26.4 Å². The van der Waals surface area contributed by atoms with Gasteiger partial charge in [-0.15, -0.1) is 0 Å². The van der Waals surface area contributed by atoms with Crippen LogP contribution in [0, 0.1) is 0 Å². The second-order valence-electron chi connectivity index (χ2n) is 5.22. The van der Waals surface area contributed by atoms with Crippen LogP contribution in [-0.2, 0) is 32.0 Å². The highest BCUT2D eigenvalue weighted by Gasteiger charge is 2.38. The first-order chi connectivity index (χ1) is 10.9. The van der Waals surface area contributed by atoms with Crippen LogP contribution in [0.15, 0.2) is 0 Å². The normalized spacial score (nSPS) is 22.6. The SMILES string of the molecule is CCOP(=O)(C[C@H]1CC[C@@H](CP(=O)(OCC)OCC)O1)OCC. The Hall–Kier alpha value is 0.260. The molecule has 138 valence electrons. The third-order valence-corrected chi connectivity index (χ3v) is 7.67. The molecule has 1 aliphatic heterocycles. The summed E-state index contributed by atoms with van der Waals surface area (Å²) in [7, 11) is -6.26. The van der Waals surface area contributed by atoms with E-state index < -0.39 is 15.2 Å². The van der Waals surface area contributed by atoms with Crippen LogP contribution >= 0.6 is 15.2 Å². The van der Waals surface area contributed by atoms with Crippen LogP contribution in [0.5, 0.6) is 0 Å². The maximum absolute atomic E-state index is 12.5. The Balaban J connectivity index is 2.57. The van der Waals surface area contributed by atoms with Crippen LogP contribution in [0.1, 0.15) is 40.5 Å². The van der Waals surface area contributed by atoms with Crippen LogP contribution in [0.4, 0.5) is 0 Å². The Morgan fingerprint density at radius 1 is 0.739 bits per heavy atom. The minimum absolute atomic E-state index is 0.221. The second-order valence-corrected chi connectivity index (χ2v) is 9.42. The van der Waals surface area contributed by atoms with Gasteiger partial charge in [0, 0.05) is 0 Å². The fourth-order valence-corrected chi connectivity index (χ4v) is 6.30. The van der Waals surface area contributed by atoms with Crippen LogP contribution in [0.3, 0.4) is 0 Å². The average Bonchev–Trinajstić information content (AvgIpc) is 2.85. The van der Waals surface area contributed by atoms with Crippen molar-refractivity contribution in [1.82, 2.24) is 0 Å². The van der Waals surface area contributed by atoms with Gasteiger partial charge in [-0.25, -0.2) is 0 Å². The van der Waals surface area contributed by atoms with E-state index in [9.17, 15) is 9.13 Å². The van der Waals surface area contributed by atoms with Crippen molar-refractivity contribution in [2.24, 2.45) is 0 Å². The van der Waals surface area contributed by atoms with E-state index in [4.69, 9.17) is 22.8 Å². The molecule has 9 heteroatoms. The van der Waals surface area contributed by atoms with Gasteiger partial charge in [0.25, 0.3) is 0 Å². The molecule has 0 aromatic rings. The van der Waals surface area contributed by atoms with Crippen molar-refractivity contribution in [3.63, 3.8) is 0 Å². The molecule has 0 spiro atoms. The van der Waals surface area contributed by atoms with Gasteiger partial charge in [-0.05, 0) is 40.5 Å². The van der Waals surface area contributed by atoms with Crippen LogP contribution < -0.4 is 0 Å². The minimum Gasteiger partial charge on any atom is -0.374 e. The van der Waals surface area contributed by atoms with Crippen LogP contribution in [-0.4, -0.2) is 51.0 Å². The molecule has 1 aliphatic rings. The highest BCUT2D eigenvalue weighted by molar-refractivity contribution is 7.54. The van der Waals surface area contributed by atoms with E-state index in [-0.39, 0.29) is 24.5 Å². The van der Waals surface area contributed by atoms with Gasteiger partial charge >= 0.3 is 15.2 Å². The summed E-state index contributed by atoms with van der Waals surface area (Å²) in [5, 5.41) is 0. The van der Waals surface area contributed by atoms with Crippen LogP contribution in [0.2, 0.25) is 0 Å². The number of ether oxygens (including phenoxy) is 1. The largest absolute Gasteiger partial charge is 0.374 e. The predicted molar refractivity (Wildman–Crippen MR) is 89.3 cm³/mol. The molecule has 7 nitrogen and oxygen atoms in total. The van der Waals surface area contributed by atoms with E-state index in [1.165, 1.54) is 0 Å². The molecule has 0 aromatic heterocycles. The molecule has 0 amide bonds. The third kappa shape index (κ3) is 7.35. The molecule has 0 unspecified atom stereocenters. The maximum Gasteiger partial charge on any atom is 0.333 e. The fourth-order valence-electron chi connectivity index (χ4n) is 2.62. The highest BCUT2D eigenvalue weighted by Crippen LogP contribution is 2.53. The average molecular weight is 372 g/mol. The summed E-state index contributed by atoms with van der Waals surface area (Å²) in [5.41, 5.74) is 0. The maximum atomic E-state index is 12.5. The lowest BCUT2D eigenvalue weighted by Crippen LogP contribution is -2.20. The van der Waals surface area contributed by atoms with Crippen molar-refractivity contribution >= 4 is 15.2 Å². The molecule has 0 saturated carbocycles. The van der Waals surface area contributed by atoms with E-state index in [0.717, 1.165) is 12.8 Å². The first-order valence-corrected chi connectivity index (χ1v) is 11.8. The van der Waals surface area contributed by atoms with Gasteiger partial charge in [-0.3, -0.25) is 9.13 Å². The molecule has 0 aromatic carbocycles. The Morgan fingerprint density at radius 2 is 1.04 bits per heavy atom. The first-order valence-electron chi connectivity index (χ1n) is 8.32. The van der Waals surface area contributed by atoms with Crippen molar-refractivity contribution < 1.29 is 32.0 Å². The molecule has 0 aliphatic carbocycles. The molecule has 0 radical (unpaired) electrons. The minimum atomic E-state index is -3.13. The van der Waals surface area contributed by atoms with E-state index >= 15 is 0 Å². The van der Waals surface area contributed by atoms with Crippen molar-refractivity contribution in [1.29, 1.82) is 0 Å². The summed E-state index contributed by atoms with van der Waals surface area (Å²) >= 11 is 0. The lowest BCUT2D eigenvalue weighted by atomic mass is 10.2. The Labute approximate surface area is 139 Å². The molecule has 23 heavy (non-hydrogen) atoms. The highest BCUT2D eigenvalue weighted by atomic mass is 31.2. The number of hydrogen-bond acceptors (Lipinski definition) is 7. The summed E-state index contributed by atoms with van der Waals surface area (Å²) in [6.07, 6.45) is 1.46. The van der Waals surface area contributed by atoms with E-state index in [1.807, 2.05) is 0 Å². The molecule has 1 rings (SSSR count). The molecule has 1 heterocycles. The summed E-state index contributed by atoms with van der Waals surface area (Å²) in [6.45, 7) is 8.45. The molecule has 2 atom stereocenters. The third-order valence-electron chi connectivity index (χ3n) is 3.35. The van der Waals surface area contributed by atoms with E-state index in [2.05, 4.69) is 0 Å². The van der Waals surface area contributed by atoms with Gasteiger partial charge in [-0.1, -0.05) is 0 Å². The van der Waals surface area contributed by atoms with E-state index in [1.54, 1.807) is 27.7 Å². The zero-order valence-corrected chi connectivity index (χ0v) is 16.4. The first kappa shape index (κ1) is 21.3. The standard InChI is InChI=1S/C14H30O7P2/c1-5-17-22(15,18-6-2)11-13-9-10-14(21-13)12-23(16,19-7-3)20-8-4/h13-14H,5-12H2,1-4H3/t13-,14+. The topological polar surface area (TPSA) is 80.3 Å². The van der Waals surface area contributed by atoms with Gasteiger partial charge < -0.3 is 22.8 Å². The summed E-state index contributed by atoms with van der Waals surface area (Å²) in [5.74, 6) is 0. The fraction of sp³-hybridized carbons (Fsp3) is 1.00. The molecule has 1 fully saturated rings. The van der Waals surface area contributed by atoms with Crippen molar-refractivity contribution in [3.8, 4) is 0 Å². The summed E-state index contributed by atoms with van der Waals surface area (Å²) < 4.78 is 52.1. The Morgan fingerprint density at radius 3 is 1.30 bits per heavy atom. The van der Waals surface area contributed by atoms with Gasteiger partial charge in [0.05, 0.1) is 51.0 Å². The quantitative estimate of drug-likeness (QED) is 0.478. The summed E-state index contributed by atoms with van der Waals surface area (Å²) in [6, 6.07) is 0. The lowest BCUT2D eigenvalue weighted by Gasteiger charge is -2.22. The smallest absolute Gasteiger partial charge is 0.333 e. The zero-order valence-electron chi connectivity index (χ0n) is 14.6. The van der Waals surface area contributed by atoms with Crippen molar-refractivity contribution in [2.45, 2.75) is 52.7 Å². The molecule has 0 N–H and O–H groups in total. The number of hydrogen-bond donors (Lipinski definition) is 0. The molecule has 0 bridgehead atoms. The second kappa shape index (κ2) is 10.3. The Kier molecular flexibility index (Phi) is 9.54. The monoisotopic (exact) mass is 372 g/mol. The van der Waals surface area contributed by atoms with Crippen molar-refractivity contribution in [2.75, 3.05) is 38.8 Å². The zero-order chi connectivity index (χ0) is 17.3. The molecule has 1 saturated heterocycles. The molecular formula is C14H30O7P2. The van der Waals surface area contributed by atoms with Gasteiger partial charge in [-0.2, -0.15) is 0 Å². The predicted octanol–water partition coefficient (Wildman–Crippen LogP) is 4.07. The van der Waals surface area contributed by atoms with Crippen molar-refractivity contribution in [3.05, 3.63) is 0 Å². The molecular weight excluding hydrogens is 342 g/mol. The number of rotatable bonds is 12. The van der Waals surface area contributed by atoms with Gasteiger partial charge in [0.2, 0.25) is 0 Å².